The van der Waals surface area contributed by atoms with Gasteiger partial charge in [0.2, 0.25) is 5.91 Å². The summed E-state index contributed by atoms with van der Waals surface area (Å²) in [6.45, 7) is -1.38. The third-order valence-electron chi connectivity index (χ3n) is 7.01. The lowest BCUT2D eigenvalue weighted by molar-refractivity contribution is -0.142. The van der Waals surface area contributed by atoms with Crippen molar-refractivity contribution in [1.29, 1.82) is 0 Å². The van der Waals surface area contributed by atoms with Crippen LogP contribution in [-0.2, 0) is 17.9 Å². The molecule has 0 radical (unpaired) electrons. The maximum absolute atomic E-state index is 13.4. The van der Waals surface area contributed by atoms with Gasteiger partial charge in [0, 0.05) is 73.1 Å². The molecule has 1 amide bonds. The third-order valence-corrected chi connectivity index (χ3v) is 7.01. The van der Waals surface area contributed by atoms with Gasteiger partial charge >= 0.3 is 6.18 Å². The normalized spacial score (nSPS) is 23.3. The minimum atomic E-state index is -4.56. The van der Waals surface area contributed by atoms with Crippen molar-refractivity contribution >= 4 is 5.91 Å². The van der Waals surface area contributed by atoms with Gasteiger partial charge in [0.25, 0.3) is 5.56 Å². The topological polar surface area (TPSA) is 100 Å². The first-order valence-electron chi connectivity index (χ1n) is 11.5. The van der Waals surface area contributed by atoms with Crippen LogP contribution in [0.2, 0.25) is 0 Å². The Kier molecular flexibility index (Phi) is 6.35. The Morgan fingerprint density at radius 3 is 2.56 bits per heavy atom. The first-order valence-corrected chi connectivity index (χ1v) is 11.5. The lowest BCUT2D eigenvalue weighted by Crippen LogP contribution is -2.49. The van der Waals surface area contributed by atoms with Crippen molar-refractivity contribution in [3.05, 3.63) is 82.8 Å². The Morgan fingerprint density at radius 1 is 1.11 bits per heavy atom. The first kappa shape index (κ1) is 24.1. The summed E-state index contributed by atoms with van der Waals surface area (Å²) in [5.41, 5.74) is 2.41. The second-order valence-corrected chi connectivity index (χ2v) is 9.09. The van der Waals surface area contributed by atoms with E-state index in [2.05, 4.69) is 9.97 Å². The molecule has 0 saturated carbocycles. The van der Waals surface area contributed by atoms with Crippen LogP contribution in [0, 0.1) is 11.8 Å². The molecule has 1 saturated heterocycles. The van der Waals surface area contributed by atoms with Gasteiger partial charge in [0.05, 0.1) is 12.1 Å². The molecule has 0 spiro atoms. The Hall–Kier alpha value is -3.57. The molecule has 2 aliphatic rings. The van der Waals surface area contributed by atoms with Crippen molar-refractivity contribution in [3.63, 3.8) is 0 Å². The summed E-state index contributed by atoms with van der Waals surface area (Å²) in [5, 5.41) is 12.3. The molecule has 3 aromatic heterocycles. The van der Waals surface area contributed by atoms with Crippen LogP contribution in [0.5, 0.6) is 0 Å². The molecule has 2 N–H and O–H groups in total. The molecule has 0 bridgehead atoms. The lowest BCUT2D eigenvalue weighted by Gasteiger charge is -2.31. The van der Waals surface area contributed by atoms with Crippen LogP contribution in [-0.4, -0.2) is 55.8 Å². The van der Waals surface area contributed by atoms with Gasteiger partial charge in [-0.1, -0.05) is 6.07 Å². The fourth-order valence-corrected chi connectivity index (χ4v) is 5.52. The van der Waals surface area contributed by atoms with Crippen LogP contribution in [0.1, 0.15) is 17.3 Å². The van der Waals surface area contributed by atoms with Gasteiger partial charge in [-0.3, -0.25) is 24.5 Å². The molecular formula is C25H24F3N5O3. The highest BCUT2D eigenvalue weighted by molar-refractivity contribution is 5.83. The van der Waals surface area contributed by atoms with Crippen LogP contribution < -0.4 is 10.9 Å². The molecule has 36 heavy (non-hydrogen) atoms. The summed E-state index contributed by atoms with van der Waals surface area (Å²) in [5.74, 6) is -1.79. The SMILES string of the molecule is O=C(NCC(F)(F)F)[C@@H]1[C@@H](CO)[C@@H]2Cn3c(ccc(-c4cccnc4)c3=O)[C@@H]2N1Cc1ccncc1. The zero-order valence-corrected chi connectivity index (χ0v) is 19.1. The molecule has 8 nitrogen and oxygen atoms in total. The fourth-order valence-electron chi connectivity index (χ4n) is 5.52. The number of halogens is 3. The van der Waals surface area contributed by atoms with E-state index in [1.165, 1.54) is 0 Å². The van der Waals surface area contributed by atoms with Crippen LogP contribution >= 0.6 is 0 Å². The standard InChI is InChI=1S/C25H24F3N5O3/c26-25(27,28)14-31-23(35)22-19(13-34)18-12-32-20(21(18)33(22)11-15-5-8-29-9-6-15)4-3-17(24(32)36)16-2-1-7-30-10-16/h1-10,18-19,21-22,34H,11-14H2,(H,31,35)/t18-,19-,21+,22-/m0/s1. The lowest BCUT2D eigenvalue weighted by atomic mass is 9.88. The van der Waals surface area contributed by atoms with Crippen LogP contribution in [0.3, 0.4) is 0 Å². The molecule has 5 rings (SSSR count). The van der Waals surface area contributed by atoms with Gasteiger partial charge in [0.1, 0.15) is 6.54 Å². The van der Waals surface area contributed by atoms with Gasteiger partial charge in [-0.2, -0.15) is 13.2 Å². The fraction of sp³-hybridized carbons (Fsp3) is 0.360. The van der Waals surface area contributed by atoms with E-state index in [4.69, 9.17) is 0 Å². The largest absolute Gasteiger partial charge is 0.405 e. The molecule has 0 unspecified atom stereocenters. The molecule has 0 aliphatic carbocycles. The average molecular weight is 499 g/mol. The number of nitrogens with one attached hydrogen (secondary N) is 1. The van der Waals surface area contributed by atoms with Crippen molar-refractivity contribution in [3.8, 4) is 11.1 Å². The summed E-state index contributed by atoms with van der Waals surface area (Å²) < 4.78 is 40.2. The number of carbonyl (C=O) groups excluding carboxylic acids is 1. The average Bonchev–Trinajstić information content (AvgIpc) is 3.39. The Morgan fingerprint density at radius 2 is 1.89 bits per heavy atom. The summed E-state index contributed by atoms with van der Waals surface area (Å²) in [6, 6.07) is 9.15. The van der Waals surface area contributed by atoms with Crippen LogP contribution in [0.4, 0.5) is 13.2 Å². The number of aliphatic hydroxyl groups is 1. The van der Waals surface area contributed by atoms with E-state index in [0.29, 0.717) is 16.8 Å². The van der Waals surface area contributed by atoms with Crippen LogP contribution in [0.15, 0.2) is 66.0 Å². The number of rotatable bonds is 6. The maximum atomic E-state index is 13.4. The zero-order valence-electron chi connectivity index (χ0n) is 19.1. The third kappa shape index (κ3) is 4.40. The molecule has 2 aliphatic heterocycles. The number of hydrogen-bond acceptors (Lipinski definition) is 6. The smallest absolute Gasteiger partial charge is 0.396 e. The first-order chi connectivity index (χ1) is 17.3. The number of alkyl halides is 3. The summed E-state index contributed by atoms with van der Waals surface area (Å²) >= 11 is 0. The van der Waals surface area contributed by atoms with Gasteiger partial charge in [0.15, 0.2) is 0 Å². The summed E-state index contributed by atoms with van der Waals surface area (Å²) in [6.07, 6.45) is 1.85. The van der Waals surface area contributed by atoms with Gasteiger partial charge in [-0.15, -0.1) is 0 Å². The number of amides is 1. The Balaban J connectivity index is 1.55. The van der Waals surface area contributed by atoms with Crippen molar-refractivity contribution in [2.75, 3.05) is 13.2 Å². The van der Waals surface area contributed by atoms with Gasteiger partial charge in [-0.05, 0) is 35.9 Å². The summed E-state index contributed by atoms with van der Waals surface area (Å²) in [7, 11) is 0. The molecule has 1 fully saturated rings. The van der Waals surface area contributed by atoms with E-state index in [-0.39, 0.29) is 24.6 Å². The molecule has 0 aromatic carbocycles. The number of aromatic nitrogens is 3. The van der Waals surface area contributed by atoms with Crippen molar-refractivity contribution in [2.45, 2.75) is 31.3 Å². The molecule has 4 atom stereocenters. The Bertz CT molecular complexity index is 1300. The minimum absolute atomic E-state index is 0.214. The number of nitrogens with zero attached hydrogens (tertiary/aromatic N) is 4. The van der Waals surface area contributed by atoms with Gasteiger partial charge < -0.3 is 15.0 Å². The van der Waals surface area contributed by atoms with E-state index in [1.54, 1.807) is 64.6 Å². The Labute approximate surface area is 204 Å². The minimum Gasteiger partial charge on any atom is -0.396 e. The molecular weight excluding hydrogens is 475 g/mol. The van der Waals surface area contributed by atoms with Crippen LogP contribution in [0.25, 0.3) is 11.1 Å². The molecule has 3 aromatic rings. The second kappa shape index (κ2) is 9.47. The molecule has 5 heterocycles. The number of aliphatic hydroxyl groups excluding tert-OH is 1. The quantitative estimate of drug-likeness (QED) is 0.539. The highest BCUT2D eigenvalue weighted by atomic mass is 19.4. The highest BCUT2D eigenvalue weighted by Gasteiger charge is 2.55. The molecule has 11 heteroatoms. The van der Waals surface area contributed by atoms with Crippen molar-refractivity contribution in [2.24, 2.45) is 11.8 Å². The monoisotopic (exact) mass is 499 g/mol. The molecule has 188 valence electrons. The van der Waals surface area contributed by atoms with Gasteiger partial charge in [-0.25, -0.2) is 0 Å². The number of fused-ring (bicyclic) bond motifs is 3. The number of carbonyl (C=O) groups is 1. The predicted octanol–water partition coefficient (Wildman–Crippen LogP) is 2.15. The van der Waals surface area contributed by atoms with E-state index in [0.717, 1.165) is 5.56 Å². The highest BCUT2D eigenvalue weighted by Crippen LogP contribution is 2.50. The predicted molar refractivity (Wildman–Crippen MR) is 123 cm³/mol. The number of pyridine rings is 3. The number of likely N-dealkylation sites (tertiary alicyclic amines) is 1. The van der Waals surface area contributed by atoms with E-state index in [1.807, 2.05) is 11.4 Å². The second-order valence-electron chi connectivity index (χ2n) is 9.09. The van der Waals surface area contributed by atoms with E-state index < -0.39 is 43.2 Å². The van der Waals surface area contributed by atoms with Crippen molar-refractivity contribution in [1.82, 2.24) is 24.8 Å². The zero-order chi connectivity index (χ0) is 25.4. The number of hydrogen-bond donors (Lipinski definition) is 2. The maximum Gasteiger partial charge on any atom is 0.405 e. The van der Waals surface area contributed by atoms with E-state index in [9.17, 15) is 27.9 Å². The van der Waals surface area contributed by atoms with E-state index >= 15 is 0 Å². The van der Waals surface area contributed by atoms with Crippen molar-refractivity contribution < 1.29 is 23.1 Å². The summed E-state index contributed by atoms with van der Waals surface area (Å²) in [4.78, 5) is 36.4.